The lowest BCUT2D eigenvalue weighted by molar-refractivity contribution is -0.137. The summed E-state index contributed by atoms with van der Waals surface area (Å²) in [5.41, 5.74) is 0. The van der Waals surface area contributed by atoms with Crippen molar-refractivity contribution in [3.63, 3.8) is 0 Å². The van der Waals surface area contributed by atoms with Crippen molar-refractivity contribution < 1.29 is 14.7 Å². The molecule has 114 valence electrons. The zero-order valence-corrected chi connectivity index (χ0v) is 12.2. The highest BCUT2D eigenvalue weighted by molar-refractivity contribution is 5.78. The van der Waals surface area contributed by atoms with Crippen LogP contribution in [0.1, 0.15) is 45.4 Å². The molecule has 0 radical (unpaired) electrons. The van der Waals surface area contributed by atoms with Crippen LogP contribution in [0.15, 0.2) is 0 Å². The van der Waals surface area contributed by atoms with Gasteiger partial charge in [-0.3, -0.25) is 9.59 Å². The lowest BCUT2D eigenvalue weighted by Gasteiger charge is -2.28. The molecule has 2 fully saturated rings. The van der Waals surface area contributed by atoms with Gasteiger partial charge in [-0.15, -0.1) is 0 Å². The summed E-state index contributed by atoms with van der Waals surface area (Å²) in [6.45, 7) is 2.97. The number of carboxylic acids is 1. The molecule has 4 atom stereocenters. The molecule has 0 spiro atoms. The minimum atomic E-state index is -0.791. The Bertz CT molecular complexity index is 359. The van der Waals surface area contributed by atoms with Crippen molar-refractivity contribution in [2.24, 2.45) is 17.8 Å². The third-order valence-electron chi connectivity index (χ3n) is 4.85. The maximum Gasteiger partial charge on any atom is 0.303 e. The van der Waals surface area contributed by atoms with E-state index in [1.54, 1.807) is 0 Å². The summed E-state index contributed by atoms with van der Waals surface area (Å²) in [7, 11) is 0. The van der Waals surface area contributed by atoms with Crippen molar-refractivity contribution in [1.82, 2.24) is 10.6 Å². The van der Waals surface area contributed by atoms with E-state index in [-0.39, 0.29) is 24.9 Å². The largest absolute Gasteiger partial charge is 0.481 e. The van der Waals surface area contributed by atoms with E-state index < -0.39 is 5.97 Å². The number of aliphatic carboxylic acids is 1. The average molecular weight is 282 g/mol. The van der Waals surface area contributed by atoms with Crippen molar-refractivity contribution in [2.75, 3.05) is 13.1 Å². The summed E-state index contributed by atoms with van der Waals surface area (Å²) in [6, 6.07) is 0.263. The van der Waals surface area contributed by atoms with Crippen molar-refractivity contribution >= 4 is 11.9 Å². The van der Waals surface area contributed by atoms with E-state index in [0.717, 1.165) is 11.8 Å². The Kier molecular flexibility index (Phi) is 5.40. The first kappa shape index (κ1) is 15.3. The molecule has 1 amide bonds. The fourth-order valence-corrected chi connectivity index (χ4v) is 3.88. The molecule has 20 heavy (non-hydrogen) atoms. The second kappa shape index (κ2) is 7.07. The molecular formula is C15H26N2O3. The molecule has 2 rings (SSSR count). The number of amides is 1. The maximum absolute atomic E-state index is 11.8. The Hall–Kier alpha value is -1.10. The molecule has 0 saturated heterocycles. The number of carboxylic acid groups (broad SMARTS) is 1. The Balaban J connectivity index is 1.58. The third-order valence-corrected chi connectivity index (χ3v) is 4.85. The van der Waals surface area contributed by atoms with Gasteiger partial charge < -0.3 is 15.7 Å². The van der Waals surface area contributed by atoms with E-state index in [0.29, 0.717) is 18.9 Å². The molecule has 4 unspecified atom stereocenters. The van der Waals surface area contributed by atoms with Gasteiger partial charge in [-0.1, -0.05) is 6.42 Å². The molecule has 2 saturated carbocycles. The zero-order valence-electron chi connectivity index (χ0n) is 12.2. The SMILES string of the molecule is CC(NC(=O)CNCCCC(=O)O)C1CC2CCC1C2. The quantitative estimate of drug-likeness (QED) is 0.588. The fourth-order valence-electron chi connectivity index (χ4n) is 3.88. The average Bonchev–Trinajstić information content (AvgIpc) is 3.00. The molecule has 5 heteroatoms. The predicted molar refractivity (Wildman–Crippen MR) is 76.3 cm³/mol. The summed E-state index contributed by atoms with van der Waals surface area (Å²) in [4.78, 5) is 22.2. The number of nitrogens with one attached hydrogen (secondary N) is 2. The molecule has 2 aliphatic carbocycles. The topological polar surface area (TPSA) is 78.4 Å². The molecule has 0 aromatic carbocycles. The van der Waals surface area contributed by atoms with E-state index in [4.69, 9.17) is 5.11 Å². The lowest BCUT2D eigenvalue weighted by atomic mass is 9.84. The van der Waals surface area contributed by atoms with Crippen molar-refractivity contribution in [3.8, 4) is 0 Å². The number of hydrogen-bond donors (Lipinski definition) is 3. The number of fused-ring (bicyclic) bond motifs is 2. The van der Waals surface area contributed by atoms with E-state index in [1.165, 1.54) is 25.7 Å². The molecule has 0 heterocycles. The first-order valence-electron chi connectivity index (χ1n) is 7.78. The van der Waals surface area contributed by atoms with Crippen LogP contribution in [0, 0.1) is 17.8 Å². The van der Waals surface area contributed by atoms with Crippen LogP contribution < -0.4 is 10.6 Å². The first-order chi connectivity index (χ1) is 9.56. The molecule has 2 bridgehead atoms. The Morgan fingerprint density at radius 1 is 1.30 bits per heavy atom. The third kappa shape index (κ3) is 4.20. The smallest absolute Gasteiger partial charge is 0.303 e. The summed E-state index contributed by atoms with van der Waals surface area (Å²) in [6.07, 6.45) is 6.06. The van der Waals surface area contributed by atoms with Crippen LogP contribution in [0.25, 0.3) is 0 Å². The Morgan fingerprint density at radius 2 is 2.10 bits per heavy atom. The van der Waals surface area contributed by atoms with Gasteiger partial charge in [0.05, 0.1) is 6.54 Å². The molecule has 2 aliphatic rings. The molecular weight excluding hydrogens is 256 g/mol. The van der Waals surface area contributed by atoms with Gasteiger partial charge in [0.25, 0.3) is 0 Å². The molecule has 0 aromatic heterocycles. The van der Waals surface area contributed by atoms with Gasteiger partial charge in [0.2, 0.25) is 5.91 Å². The van der Waals surface area contributed by atoms with Crippen molar-refractivity contribution in [1.29, 1.82) is 0 Å². The second-order valence-corrected chi connectivity index (χ2v) is 6.37. The van der Waals surface area contributed by atoms with Gasteiger partial charge in [0, 0.05) is 12.5 Å². The van der Waals surface area contributed by atoms with Crippen molar-refractivity contribution in [3.05, 3.63) is 0 Å². The monoisotopic (exact) mass is 282 g/mol. The van der Waals surface area contributed by atoms with E-state index in [9.17, 15) is 9.59 Å². The first-order valence-corrected chi connectivity index (χ1v) is 7.78. The summed E-state index contributed by atoms with van der Waals surface area (Å²) >= 11 is 0. The van der Waals surface area contributed by atoms with Crippen LogP contribution in [0.3, 0.4) is 0 Å². The van der Waals surface area contributed by atoms with Gasteiger partial charge >= 0.3 is 5.97 Å². The number of carbonyl (C=O) groups is 2. The van der Waals surface area contributed by atoms with E-state index in [1.807, 2.05) is 0 Å². The van der Waals surface area contributed by atoms with Gasteiger partial charge in [-0.05, 0) is 56.9 Å². The van der Waals surface area contributed by atoms with Crippen LogP contribution in [-0.2, 0) is 9.59 Å². The lowest BCUT2D eigenvalue weighted by Crippen LogP contribution is -2.44. The molecule has 5 nitrogen and oxygen atoms in total. The van der Waals surface area contributed by atoms with Crippen LogP contribution in [0.4, 0.5) is 0 Å². The number of rotatable bonds is 8. The normalized spacial score (nSPS) is 29.4. The summed E-state index contributed by atoms with van der Waals surface area (Å²) in [5.74, 6) is 1.61. The molecule has 0 aromatic rings. The van der Waals surface area contributed by atoms with E-state index in [2.05, 4.69) is 17.6 Å². The van der Waals surface area contributed by atoms with E-state index >= 15 is 0 Å². The van der Waals surface area contributed by atoms with Crippen LogP contribution in [0.2, 0.25) is 0 Å². The predicted octanol–water partition coefficient (Wildman–Crippen LogP) is 1.38. The minimum Gasteiger partial charge on any atom is -0.481 e. The fraction of sp³-hybridized carbons (Fsp3) is 0.867. The van der Waals surface area contributed by atoms with Crippen LogP contribution in [0.5, 0.6) is 0 Å². The highest BCUT2D eigenvalue weighted by Gasteiger charge is 2.41. The molecule has 0 aliphatic heterocycles. The number of hydrogen-bond acceptors (Lipinski definition) is 3. The van der Waals surface area contributed by atoms with Crippen LogP contribution >= 0.6 is 0 Å². The van der Waals surface area contributed by atoms with Gasteiger partial charge in [0.1, 0.15) is 0 Å². The summed E-state index contributed by atoms with van der Waals surface area (Å²) < 4.78 is 0. The number of carbonyl (C=O) groups excluding carboxylic acids is 1. The highest BCUT2D eigenvalue weighted by atomic mass is 16.4. The van der Waals surface area contributed by atoms with Gasteiger partial charge in [-0.2, -0.15) is 0 Å². The Labute approximate surface area is 120 Å². The molecule has 3 N–H and O–H groups in total. The highest BCUT2D eigenvalue weighted by Crippen LogP contribution is 2.49. The van der Waals surface area contributed by atoms with Gasteiger partial charge in [-0.25, -0.2) is 0 Å². The van der Waals surface area contributed by atoms with Crippen molar-refractivity contribution in [2.45, 2.75) is 51.5 Å². The van der Waals surface area contributed by atoms with Gasteiger partial charge in [0.15, 0.2) is 0 Å². The second-order valence-electron chi connectivity index (χ2n) is 6.37. The van der Waals surface area contributed by atoms with Crippen LogP contribution in [-0.4, -0.2) is 36.1 Å². The maximum atomic E-state index is 11.8. The Morgan fingerprint density at radius 3 is 2.70 bits per heavy atom. The minimum absolute atomic E-state index is 0.0237. The standard InChI is InChI=1S/C15H26N2O3/c1-10(13-8-11-4-5-12(13)7-11)17-14(18)9-16-6-2-3-15(19)20/h10-13,16H,2-9H2,1H3,(H,17,18)(H,19,20). The zero-order chi connectivity index (χ0) is 14.5. The summed E-state index contributed by atoms with van der Waals surface area (Å²) in [5, 5.41) is 14.6.